The minimum atomic E-state index is 0.0111. The topological polar surface area (TPSA) is 35.8 Å². The molecule has 2 atom stereocenters. The molecule has 16 heavy (non-hydrogen) atoms. The van der Waals surface area contributed by atoms with E-state index in [0.29, 0.717) is 6.04 Å². The molecule has 2 nitrogen and oxygen atoms in total. The number of hydrogen-bond acceptors (Lipinski definition) is 3. The van der Waals surface area contributed by atoms with Crippen molar-refractivity contribution in [3.63, 3.8) is 0 Å². The van der Waals surface area contributed by atoms with Crippen molar-refractivity contribution >= 4 is 11.8 Å². The molecule has 3 heteroatoms. The van der Waals surface area contributed by atoms with Crippen LogP contribution in [0.15, 0.2) is 29.2 Å². The number of nitriles is 1. The second-order valence-corrected chi connectivity index (χ2v) is 5.15. The van der Waals surface area contributed by atoms with Crippen molar-refractivity contribution in [2.24, 2.45) is 0 Å². The minimum absolute atomic E-state index is 0.0111. The van der Waals surface area contributed by atoms with Gasteiger partial charge in [-0.05, 0) is 38.1 Å². The first-order valence-corrected chi connectivity index (χ1v) is 6.45. The van der Waals surface area contributed by atoms with E-state index in [1.54, 1.807) is 11.8 Å². The van der Waals surface area contributed by atoms with Crippen LogP contribution in [0.5, 0.6) is 0 Å². The Morgan fingerprint density at radius 2 is 1.94 bits per heavy atom. The Labute approximate surface area is 102 Å². The second-order valence-electron chi connectivity index (χ2n) is 3.74. The van der Waals surface area contributed by atoms with Gasteiger partial charge in [0.05, 0.1) is 11.3 Å². The Bertz CT molecular complexity index is 353. The average molecular weight is 234 g/mol. The zero-order valence-corrected chi connectivity index (χ0v) is 10.8. The summed E-state index contributed by atoms with van der Waals surface area (Å²) in [4.78, 5) is 1.15. The minimum Gasteiger partial charge on any atom is -0.310 e. The summed E-state index contributed by atoms with van der Waals surface area (Å²) in [6.45, 7) is 7.15. The molecule has 0 bridgehead atoms. The molecule has 86 valence electrons. The van der Waals surface area contributed by atoms with Crippen molar-refractivity contribution in [2.45, 2.75) is 37.0 Å². The third-order valence-corrected chi connectivity index (χ3v) is 3.39. The van der Waals surface area contributed by atoms with Gasteiger partial charge in [-0.2, -0.15) is 5.26 Å². The summed E-state index contributed by atoms with van der Waals surface area (Å²) >= 11 is 1.60. The Balaban J connectivity index is 2.64. The number of nitrogens with one attached hydrogen (secondary N) is 1. The van der Waals surface area contributed by atoms with Gasteiger partial charge < -0.3 is 5.32 Å². The summed E-state index contributed by atoms with van der Waals surface area (Å²) in [6.07, 6.45) is 0. The summed E-state index contributed by atoms with van der Waals surface area (Å²) in [6, 6.07) is 11.0. The van der Waals surface area contributed by atoms with Gasteiger partial charge in [0.1, 0.15) is 0 Å². The molecule has 0 aromatic heterocycles. The highest BCUT2D eigenvalue weighted by atomic mass is 32.2. The third-order valence-electron chi connectivity index (χ3n) is 2.39. The molecule has 0 amide bonds. The Morgan fingerprint density at radius 1 is 1.31 bits per heavy atom. The summed E-state index contributed by atoms with van der Waals surface area (Å²) in [5.74, 6) is 0. The van der Waals surface area contributed by atoms with Crippen molar-refractivity contribution < 1.29 is 0 Å². The van der Waals surface area contributed by atoms with Gasteiger partial charge in [0.15, 0.2) is 0 Å². The van der Waals surface area contributed by atoms with Gasteiger partial charge in [-0.25, -0.2) is 0 Å². The van der Waals surface area contributed by atoms with Crippen molar-refractivity contribution in [1.29, 1.82) is 5.26 Å². The largest absolute Gasteiger partial charge is 0.310 e. The highest BCUT2D eigenvalue weighted by Gasteiger charge is 2.05. The lowest BCUT2D eigenvalue weighted by Gasteiger charge is -2.13. The van der Waals surface area contributed by atoms with Crippen LogP contribution < -0.4 is 5.32 Å². The number of thioether (sulfide) groups is 1. The second kappa shape index (κ2) is 6.57. The number of nitrogens with zero attached hydrogens (tertiary/aromatic N) is 1. The van der Waals surface area contributed by atoms with Crippen LogP contribution in [0.1, 0.15) is 32.4 Å². The highest BCUT2D eigenvalue weighted by Crippen LogP contribution is 2.24. The maximum absolute atomic E-state index is 8.73. The van der Waals surface area contributed by atoms with Crippen molar-refractivity contribution in [3.05, 3.63) is 29.8 Å². The van der Waals surface area contributed by atoms with Gasteiger partial charge in [0, 0.05) is 10.9 Å². The van der Waals surface area contributed by atoms with E-state index in [1.165, 1.54) is 5.56 Å². The van der Waals surface area contributed by atoms with E-state index in [0.717, 1.165) is 11.4 Å². The summed E-state index contributed by atoms with van der Waals surface area (Å²) in [5, 5.41) is 12.1. The predicted octanol–water partition coefficient (Wildman–Crippen LogP) is 3.36. The third kappa shape index (κ3) is 3.88. The molecule has 1 rings (SSSR count). The lowest BCUT2D eigenvalue weighted by molar-refractivity contribution is 0.598. The Kier molecular flexibility index (Phi) is 5.37. The first kappa shape index (κ1) is 13.1. The molecule has 0 saturated heterocycles. The molecule has 0 aliphatic rings. The van der Waals surface area contributed by atoms with E-state index in [-0.39, 0.29) is 5.25 Å². The zero-order chi connectivity index (χ0) is 12.0. The molecule has 0 aliphatic carbocycles. The van der Waals surface area contributed by atoms with Gasteiger partial charge in [-0.1, -0.05) is 19.1 Å². The normalized spacial score (nSPS) is 14.1. The van der Waals surface area contributed by atoms with Crippen LogP contribution in [-0.4, -0.2) is 11.8 Å². The quantitative estimate of drug-likeness (QED) is 0.794. The predicted molar refractivity (Wildman–Crippen MR) is 69.5 cm³/mol. The van der Waals surface area contributed by atoms with Crippen LogP contribution in [0.4, 0.5) is 0 Å². The van der Waals surface area contributed by atoms with Crippen molar-refractivity contribution in [3.8, 4) is 6.07 Å². The van der Waals surface area contributed by atoms with Gasteiger partial charge in [-0.3, -0.25) is 0 Å². The van der Waals surface area contributed by atoms with E-state index < -0.39 is 0 Å². The molecule has 0 spiro atoms. The molecule has 0 heterocycles. The molecule has 0 fully saturated rings. The Hall–Kier alpha value is -0.980. The summed E-state index contributed by atoms with van der Waals surface area (Å²) < 4.78 is 0. The highest BCUT2D eigenvalue weighted by molar-refractivity contribution is 8.00. The van der Waals surface area contributed by atoms with E-state index in [2.05, 4.69) is 49.5 Å². The van der Waals surface area contributed by atoms with Crippen molar-refractivity contribution in [2.75, 3.05) is 6.54 Å². The first-order valence-electron chi connectivity index (χ1n) is 5.57. The molecule has 2 unspecified atom stereocenters. The monoisotopic (exact) mass is 234 g/mol. The molecule has 0 saturated carbocycles. The van der Waals surface area contributed by atoms with E-state index >= 15 is 0 Å². The van der Waals surface area contributed by atoms with Crippen LogP contribution in [-0.2, 0) is 0 Å². The fraction of sp³-hybridized carbons (Fsp3) is 0.462. The molecular weight excluding hydrogens is 216 g/mol. The maximum Gasteiger partial charge on any atom is 0.0935 e. The van der Waals surface area contributed by atoms with Crippen LogP contribution >= 0.6 is 11.8 Å². The van der Waals surface area contributed by atoms with Crippen LogP contribution in [0.25, 0.3) is 0 Å². The standard InChI is InChI=1S/C13H18N2S/c1-4-15-11(3)12-5-7-13(8-6-12)16-10(2)9-14/h5-8,10-11,15H,4H2,1-3H3. The molecule has 1 N–H and O–H groups in total. The van der Waals surface area contributed by atoms with Crippen LogP contribution in [0, 0.1) is 11.3 Å². The lowest BCUT2D eigenvalue weighted by Crippen LogP contribution is -2.17. The van der Waals surface area contributed by atoms with Crippen LogP contribution in [0.2, 0.25) is 0 Å². The molecule has 0 aliphatic heterocycles. The fourth-order valence-electron chi connectivity index (χ4n) is 1.49. The van der Waals surface area contributed by atoms with Gasteiger partial charge in [-0.15, -0.1) is 11.8 Å². The van der Waals surface area contributed by atoms with E-state index in [1.807, 2.05) is 6.92 Å². The van der Waals surface area contributed by atoms with Gasteiger partial charge >= 0.3 is 0 Å². The van der Waals surface area contributed by atoms with E-state index in [4.69, 9.17) is 5.26 Å². The number of benzene rings is 1. The lowest BCUT2D eigenvalue weighted by atomic mass is 10.1. The fourth-order valence-corrected chi connectivity index (χ4v) is 2.24. The van der Waals surface area contributed by atoms with Crippen molar-refractivity contribution in [1.82, 2.24) is 5.32 Å². The number of hydrogen-bond donors (Lipinski definition) is 1. The zero-order valence-electron chi connectivity index (χ0n) is 10.0. The smallest absolute Gasteiger partial charge is 0.0935 e. The molecular formula is C13H18N2S. The van der Waals surface area contributed by atoms with E-state index in [9.17, 15) is 0 Å². The summed E-state index contributed by atoms with van der Waals surface area (Å²) in [5.41, 5.74) is 1.29. The SMILES string of the molecule is CCNC(C)c1ccc(SC(C)C#N)cc1. The molecule has 1 aromatic rings. The summed E-state index contributed by atoms with van der Waals surface area (Å²) in [7, 11) is 0. The molecule has 0 radical (unpaired) electrons. The van der Waals surface area contributed by atoms with Crippen LogP contribution in [0.3, 0.4) is 0 Å². The van der Waals surface area contributed by atoms with Gasteiger partial charge in [0.2, 0.25) is 0 Å². The average Bonchev–Trinajstić information content (AvgIpc) is 2.30. The first-order chi connectivity index (χ1) is 7.67. The maximum atomic E-state index is 8.73. The Morgan fingerprint density at radius 3 is 2.44 bits per heavy atom. The molecule has 1 aromatic carbocycles. The number of rotatable bonds is 5. The van der Waals surface area contributed by atoms with Gasteiger partial charge in [0.25, 0.3) is 0 Å².